The van der Waals surface area contributed by atoms with E-state index in [0.717, 1.165) is 21.9 Å². The number of hydrogen-bond acceptors (Lipinski definition) is 5. The van der Waals surface area contributed by atoms with E-state index < -0.39 is 0 Å². The first kappa shape index (κ1) is 21.7. The normalized spacial score (nSPS) is 9.48. The number of benzene rings is 1. The molecule has 0 fully saturated rings. The first-order valence-corrected chi connectivity index (χ1v) is 7.50. The number of nitrogens with one attached hydrogen (secondary N) is 3. The third-order valence-electron chi connectivity index (χ3n) is 2.92. The van der Waals surface area contributed by atoms with Crippen LogP contribution in [-0.2, 0) is 6.54 Å². The van der Waals surface area contributed by atoms with Gasteiger partial charge in [-0.1, -0.05) is 6.07 Å². The third-order valence-corrected chi connectivity index (χ3v) is 3.81. The number of amidine groups is 1. The van der Waals surface area contributed by atoms with E-state index in [9.17, 15) is 0 Å². The molecular formula is C15H21Cl2N3O2S. The van der Waals surface area contributed by atoms with Gasteiger partial charge in [0.1, 0.15) is 11.6 Å². The summed E-state index contributed by atoms with van der Waals surface area (Å²) in [4.78, 5) is 0.894. The summed E-state index contributed by atoms with van der Waals surface area (Å²) in [6, 6.07) is 9.55. The Morgan fingerprint density at radius 2 is 2.09 bits per heavy atom. The van der Waals surface area contributed by atoms with Gasteiger partial charge in [0, 0.05) is 24.3 Å². The summed E-state index contributed by atoms with van der Waals surface area (Å²) < 4.78 is 5.33. The second-order valence-electron chi connectivity index (χ2n) is 4.40. The average Bonchev–Trinajstić information content (AvgIpc) is 3.02. The van der Waals surface area contributed by atoms with Crippen LogP contribution in [0.15, 0.2) is 35.7 Å². The Balaban J connectivity index is 0.00000242. The average molecular weight is 378 g/mol. The summed E-state index contributed by atoms with van der Waals surface area (Å²) in [7, 11) is 1.63. The lowest BCUT2D eigenvalue weighted by Crippen LogP contribution is -2.18. The lowest BCUT2D eigenvalue weighted by Gasteiger charge is -2.13. The fraction of sp³-hybridized carbons (Fsp3) is 0.267. The molecule has 0 bridgehead atoms. The van der Waals surface area contributed by atoms with Gasteiger partial charge in [-0.15, -0.1) is 36.2 Å². The minimum atomic E-state index is 0. The lowest BCUT2D eigenvalue weighted by atomic mass is 10.1. The van der Waals surface area contributed by atoms with Crippen molar-refractivity contribution in [2.24, 2.45) is 0 Å². The summed E-state index contributed by atoms with van der Waals surface area (Å²) >= 11 is 1.53. The van der Waals surface area contributed by atoms with Crippen molar-refractivity contribution >= 4 is 47.7 Å². The van der Waals surface area contributed by atoms with E-state index in [2.05, 4.69) is 10.6 Å². The highest BCUT2D eigenvalue weighted by atomic mass is 35.5. The minimum absolute atomic E-state index is 0. The van der Waals surface area contributed by atoms with Crippen molar-refractivity contribution in [2.75, 3.05) is 25.6 Å². The van der Waals surface area contributed by atoms with E-state index in [1.54, 1.807) is 7.11 Å². The molecule has 0 amide bonds. The molecule has 0 unspecified atom stereocenters. The molecular weight excluding hydrogens is 357 g/mol. The van der Waals surface area contributed by atoms with E-state index in [0.29, 0.717) is 18.9 Å². The van der Waals surface area contributed by atoms with E-state index >= 15 is 0 Å². The number of thiophene rings is 1. The third kappa shape index (κ3) is 6.37. The Hall–Kier alpha value is -1.31. The molecule has 4 N–H and O–H groups in total. The summed E-state index contributed by atoms with van der Waals surface area (Å²) in [5, 5.41) is 25.0. The number of aliphatic hydroxyl groups is 1. The molecule has 0 spiro atoms. The molecule has 2 rings (SSSR count). The highest BCUT2D eigenvalue weighted by Crippen LogP contribution is 2.23. The Morgan fingerprint density at radius 1 is 1.30 bits per heavy atom. The molecule has 0 aliphatic rings. The molecule has 0 aliphatic carbocycles. The van der Waals surface area contributed by atoms with Gasteiger partial charge in [0.2, 0.25) is 0 Å². The number of rotatable bonds is 7. The summed E-state index contributed by atoms with van der Waals surface area (Å²) in [5.41, 5.74) is 1.82. The molecule has 0 saturated carbocycles. The SMILES string of the molecule is COc1ccc(NC(=N)c2cccs2)cc1CNCCO.Cl.Cl. The summed E-state index contributed by atoms with van der Waals surface area (Å²) in [6.07, 6.45) is 0. The minimum Gasteiger partial charge on any atom is -0.496 e. The molecule has 2 aromatic rings. The van der Waals surface area contributed by atoms with E-state index in [1.165, 1.54) is 11.3 Å². The smallest absolute Gasteiger partial charge is 0.140 e. The van der Waals surface area contributed by atoms with E-state index in [4.69, 9.17) is 15.3 Å². The maximum absolute atomic E-state index is 8.82. The number of hydrogen-bond donors (Lipinski definition) is 4. The second-order valence-corrected chi connectivity index (χ2v) is 5.35. The number of ether oxygens (including phenoxy) is 1. The number of methoxy groups -OCH3 is 1. The van der Waals surface area contributed by atoms with Crippen LogP contribution in [0.25, 0.3) is 0 Å². The zero-order valence-electron chi connectivity index (χ0n) is 12.7. The van der Waals surface area contributed by atoms with Crippen LogP contribution in [0.4, 0.5) is 5.69 Å². The molecule has 8 heteroatoms. The van der Waals surface area contributed by atoms with Crippen molar-refractivity contribution in [3.63, 3.8) is 0 Å². The maximum atomic E-state index is 8.82. The van der Waals surface area contributed by atoms with Crippen molar-refractivity contribution in [3.05, 3.63) is 46.2 Å². The van der Waals surface area contributed by atoms with Crippen molar-refractivity contribution in [1.82, 2.24) is 5.32 Å². The molecule has 0 atom stereocenters. The maximum Gasteiger partial charge on any atom is 0.140 e. The first-order chi connectivity index (χ1) is 10.2. The van der Waals surface area contributed by atoms with Crippen LogP contribution in [0, 0.1) is 5.41 Å². The topological polar surface area (TPSA) is 77.4 Å². The Bertz CT molecular complexity index is 594. The van der Waals surface area contributed by atoms with Crippen molar-refractivity contribution in [1.29, 1.82) is 5.41 Å². The van der Waals surface area contributed by atoms with Crippen LogP contribution in [0.5, 0.6) is 5.75 Å². The van der Waals surface area contributed by atoms with Crippen LogP contribution < -0.4 is 15.4 Å². The second kappa shape index (κ2) is 11.3. The van der Waals surface area contributed by atoms with Gasteiger partial charge in [-0.25, -0.2) is 0 Å². The van der Waals surface area contributed by atoms with Gasteiger partial charge in [-0.2, -0.15) is 0 Å². The fourth-order valence-electron chi connectivity index (χ4n) is 1.92. The highest BCUT2D eigenvalue weighted by molar-refractivity contribution is 7.12. The molecule has 1 aromatic heterocycles. The van der Waals surface area contributed by atoms with Gasteiger partial charge in [0.05, 0.1) is 18.6 Å². The highest BCUT2D eigenvalue weighted by Gasteiger charge is 2.07. The fourth-order valence-corrected chi connectivity index (χ4v) is 2.55. The Labute approximate surface area is 152 Å². The molecule has 0 aliphatic heterocycles. The zero-order valence-corrected chi connectivity index (χ0v) is 15.1. The Kier molecular flexibility index (Phi) is 10.6. The van der Waals surface area contributed by atoms with Gasteiger partial charge >= 0.3 is 0 Å². The molecule has 1 aromatic carbocycles. The number of aliphatic hydroxyl groups excluding tert-OH is 1. The zero-order chi connectivity index (χ0) is 15.1. The van der Waals surface area contributed by atoms with Crippen molar-refractivity contribution in [3.8, 4) is 5.75 Å². The van der Waals surface area contributed by atoms with Gasteiger partial charge < -0.3 is 20.5 Å². The van der Waals surface area contributed by atoms with Crippen LogP contribution in [0.2, 0.25) is 0 Å². The van der Waals surface area contributed by atoms with E-state index in [-0.39, 0.29) is 31.4 Å². The van der Waals surface area contributed by atoms with Crippen molar-refractivity contribution < 1.29 is 9.84 Å². The first-order valence-electron chi connectivity index (χ1n) is 6.62. The van der Waals surface area contributed by atoms with Crippen molar-refractivity contribution in [2.45, 2.75) is 6.54 Å². The largest absolute Gasteiger partial charge is 0.496 e. The van der Waals surface area contributed by atoms with Gasteiger partial charge in [0.15, 0.2) is 0 Å². The number of halogens is 2. The summed E-state index contributed by atoms with van der Waals surface area (Å²) in [6.45, 7) is 1.24. The van der Waals surface area contributed by atoms with Gasteiger partial charge in [-0.3, -0.25) is 5.41 Å². The van der Waals surface area contributed by atoms with Crippen LogP contribution in [0.3, 0.4) is 0 Å². The van der Waals surface area contributed by atoms with Crippen LogP contribution in [-0.4, -0.2) is 31.2 Å². The van der Waals surface area contributed by atoms with Gasteiger partial charge in [0.25, 0.3) is 0 Å². The van der Waals surface area contributed by atoms with E-state index in [1.807, 2.05) is 35.7 Å². The molecule has 0 radical (unpaired) electrons. The predicted molar refractivity (Wildman–Crippen MR) is 101 cm³/mol. The quantitative estimate of drug-likeness (QED) is 0.339. The van der Waals surface area contributed by atoms with Gasteiger partial charge in [-0.05, 0) is 29.6 Å². The molecule has 128 valence electrons. The van der Waals surface area contributed by atoms with Crippen LogP contribution >= 0.6 is 36.2 Å². The van der Waals surface area contributed by atoms with Crippen LogP contribution in [0.1, 0.15) is 10.4 Å². The number of anilines is 1. The monoisotopic (exact) mass is 377 g/mol. The predicted octanol–water partition coefficient (Wildman–Crippen LogP) is 3.12. The lowest BCUT2D eigenvalue weighted by molar-refractivity contribution is 0.291. The molecule has 5 nitrogen and oxygen atoms in total. The molecule has 0 saturated heterocycles. The summed E-state index contributed by atoms with van der Waals surface area (Å²) in [5.74, 6) is 1.16. The molecule has 1 heterocycles. The standard InChI is InChI=1S/C15H19N3O2S.2ClH/c1-20-13-5-4-12(9-11(13)10-17-6-7-19)18-15(16)14-3-2-8-21-14;;/h2-5,8-9,17,19H,6-7,10H2,1H3,(H2,16,18);2*1H. The Morgan fingerprint density at radius 3 is 2.70 bits per heavy atom. The molecule has 23 heavy (non-hydrogen) atoms.